The van der Waals surface area contributed by atoms with E-state index in [1.54, 1.807) is 0 Å². The second-order valence-corrected chi connectivity index (χ2v) is 6.76. The Morgan fingerprint density at radius 3 is 2.81 bits per heavy atom. The molecule has 0 amide bonds. The lowest BCUT2D eigenvalue weighted by atomic mass is 9.97. The van der Waals surface area contributed by atoms with Crippen molar-refractivity contribution in [2.75, 3.05) is 6.54 Å². The van der Waals surface area contributed by atoms with Gasteiger partial charge in [-0.25, -0.2) is 0 Å². The molecular weight excluding hydrogens is 256 g/mol. The fourth-order valence-electron chi connectivity index (χ4n) is 3.32. The Hall–Kier alpha value is -0.860. The Labute approximate surface area is 130 Å². The van der Waals surface area contributed by atoms with Crippen molar-refractivity contribution in [3.05, 3.63) is 35.4 Å². The van der Waals surface area contributed by atoms with Crippen LogP contribution in [0.5, 0.6) is 0 Å². The van der Waals surface area contributed by atoms with E-state index in [9.17, 15) is 0 Å². The molecule has 1 unspecified atom stereocenters. The molecule has 0 bridgehead atoms. The van der Waals surface area contributed by atoms with E-state index < -0.39 is 0 Å². The highest BCUT2D eigenvalue weighted by molar-refractivity contribution is 5.23. The second kappa shape index (κ2) is 8.55. The molecule has 1 aliphatic heterocycles. The minimum absolute atomic E-state index is 0.546. The number of benzene rings is 1. The highest BCUT2D eigenvalue weighted by atomic mass is 15.2. The largest absolute Gasteiger partial charge is 0.310 e. The summed E-state index contributed by atoms with van der Waals surface area (Å²) in [5, 5.41) is 3.51. The van der Waals surface area contributed by atoms with Gasteiger partial charge in [0.05, 0.1) is 0 Å². The molecule has 2 nitrogen and oxygen atoms in total. The molecule has 21 heavy (non-hydrogen) atoms. The highest BCUT2D eigenvalue weighted by Gasteiger charge is 2.21. The molecule has 0 spiro atoms. The predicted molar refractivity (Wildman–Crippen MR) is 91.4 cm³/mol. The SMILES string of the molecule is CCCC1CCCCN1Cc1cccc(CNC(C)C)c1. The average Bonchev–Trinajstić information content (AvgIpc) is 2.48. The summed E-state index contributed by atoms with van der Waals surface area (Å²) < 4.78 is 0. The van der Waals surface area contributed by atoms with Gasteiger partial charge in [-0.3, -0.25) is 4.90 Å². The van der Waals surface area contributed by atoms with Crippen LogP contribution in [0.1, 0.15) is 64.0 Å². The maximum Gasteiger partial charge on any atom is 0.0236 e. The molecule has 1 N–H and O–H groups in total. The fourth-order valence-corrected chi connectivity index (χ4v) is 3.32. The molecule has 1 aliphatic rings. The lowest BCUT2D eigenvalue weighted by Crippen LogP contribution is -2.38. The number of rotatable bonds is 7. The van der Waals surface area contributed by atoms with Crippen LogP contribution < -0.4 is 5.32 Å². The van der Waals surface area contributed by atoms with Gasteiger partial charge in [-0.15, -0.1) is 0 Å². The number of hydrogen-bond acceptors (Lipinski definition) is 2. The van der Waals surface area contributed by atoms with Crippen LogP contribution >= 0.6 is 0 Å². The molecule has 0 aliphatic carbocycles. The standard InChI is InChI=1S/C19H32N2/c1-4-8-19-11-5-6-12-21(19)15-18-10-7-9-17(13-18)14-20-16(2)3/h7,9-10,13,16,19-20H,4-6,8,11-12,14-15H2,1-3H3. The Morgan fingerprint density at radius 2 is 2.05 bits per heavy atom. The van der Waals surface area contributed by atoms with E-state index in [4.69, 9.17) is 0 Å². The third-order valence-electron chi connectivity index (χ3n) is 4.46. The molecule has 1 atom stereocenters. The Balaban J connectivity index is 1.95. The quantitative estimate of drug-likeness (QED) is 0.803. The monoisotopic (exact) mass is 288 g/mol. The van der Waals surface area contributed by atoms with Gasteiger partial charge >= 0.3 is 0 Å². The summed E-state index contributed by atoms with van der Waals surface area (Å²) in [6.45, 7) is 10.1. The van der Waals surface area contributed by atoms with Gasteiger partial charge in [0.1, 0.15) is 0 Å². The van der Waals surface area contributed by atoms with Crippen LogP contribution in [0.2, 0.25) is 0 Å². The zero-order chi connectivity index (χ0) is 15.1. The van der Waals surface area contributed by atoms with Crippen LogP contribution in [0.3, 0.4) is 0 Å². The maximum atomic E-state index is 3.51. The van der Waals surface area contributed by atoms with Crippen LogP contribution in [0.25, 0.3) is 0 Å². The summed E-state index contributed by atoms with van der Waals surface area (Å²) in [6.07, 6.45) is 6.84. The van der Waals surface area contributed by atoms with Gasteiger partial charge < -0.3 is 5.32 Å². The van der Waals surface area contributed by atoms with Gasteiger partial charge in [0, 0.05) is 25.2 Å². The Kier molecular flexibility index (Phi) is 6.72. The molecule has 118 valence electrons. The van der Waals surface area contributed by atoms with Gasteiger partial charge in [0.2, 0.25) is 0 Å². The molecule has 0 radical (unpaired) electrons. The maximum absolute atomic E-state index is 3.51. The van der Waals surface area contributed by atoms with Crippen molar-refractivity contribution in [2.45, 2.75) is 78.0 Å². The molecule has 1 saturated heterocycles. The van der Waals surface area contributed by atoms with E-state index in [0.29, 0.717) is 6.04 Å². The fraction of sp³-hybridized carbons (Fsp3) is 0.684. The number of likely N-dealkylation sites (tertiary alicyclic amines) is 1. The second-order valence-electron chi connectivity index (χ2n) is 6.76. The Bertz CT molecular complexity index is 412. The van der Waals surface area contributed by atoms with Gasteiger partial charge in [-0.05, 0) is 36.9 Å². The van der Waals surface area contributed by atoms with E-state index in [0.717, 1.165) is 19.1 Å². The Morgan fingerprint density at radius 1 is 1.24 bits per heavy atom. The first-order chi connectivity index (χ1) is 10.2. The summed E-state index contributed by atoms with van der Waals surface area (Å²) in [6, 6.07) is 10.5. The lowest BCUT2D eigenvalue weighted by Gasteiger charge is -2.35. The molecule has 1 fully saturated rings. The van der Waals surface area contributed by atoms with Crippen molar-refractivity contribution in [1.29, 1.82) is 0 Å². The molecule has 2 heteroatoms. The van der Waals surface area contributed by atoms with Crippen molar-refractivity contribution < 1.29 is 0 Å². The third kappa shape index (κ3) is 5.44. The topological polar surface area (TPSA) is 15.3 Å². The van der Waals surface area contributed by atoms with Crippen LogP contribution in [-0.4, -0.2) is 23.5 Å². The van der Waals surface area contributed by atoms with Gasteiger partial charge in [-0.1, -0.05) is 57.9 Å². The van der Waals surface area contributed by atoms with E-state index in [1.807, 2.05) is 0 Å². The van der Waals surface area contributed by atoms with Crippen molar-refractivity contribution >= 4 is 0 Å². The first-order valence-electron chi connectivity index (χ1n) is 8.74. The number of piperidine rings is 1. The normalized spacial score (nSPS) is 20.1. The van der Waals surface area contributed by atoms with Crippen molar-refractivity contribution in [2.24, 2.45) is 0 Å². The summed E-state index contributed by atoms with van der Waals surface area (Å²) in [7, 11) is 0. The summed E-state index contributed by atoms with van der Waals surface area (Å²) in [5.74, 6) is 0. The van der Waals surface area contributed by atoms with E-state index in [-0.39, 0.29) is 0 Å². The third-order valence-corrected chi connectivity index (χ3v) is 4.46. The molecule has 1 aromatic rings. The van der Waals surface area contributed by atoms with Crippen LogP contribution in [0.15, 0.2) is 24.3 Å². The minimum atomic E-state index is 0.546. The zero-order valence-electron chi connectivity index (χ0n) is 14.1. The molecule has 1 heterocycles. The van der Waals surface area contributed by atoms with Gasteiger partial charge in [0.15, 0.2) is 0 Å². The number of nitrogens with zero attached hydrogens (tertiary/aromatic N) is 1. The van der Waals surface area contributed by atoms with Crippen molar-refractivity contribution in [1.82, 2.24) is 10.2 Å². The van der Waals surface area contributed by atoms with Crippen LogP contribution in [0.4, 0.5) is 0 Å². The van der Waals surface area contributed by atoms with Gasteiger partial charge in [0.25, 0.3) is 0 Å². The van der Waals surface area contributed by atoms with E-state index in [1.165, 1.54) is 49.8 Å². The zero-order valence-corrected chi connectivity index (χ0v) is 14.1. The predicted octanol–water partition coefficient (Wildman–Crippen LogP) is 4.34. The molecule has 0 aromatic heterocycles. The first-order valence-corrected chi connectivity index (χ1v) is 8.74. The highest BCUT2D eigenvalue weighted by Crippen LogP contribution is 2.23. The molecular formula is C19H32N2. The van der Waals surface area contributed by atoms with E-state index >= 15 is 0 Å². The van der Waals surface area contributed by atoms with Crippen molar-refractivity contribution in [3.63, 3.8) is 0 Å². The van der Waals surface area contributed by atoms with Crippen LogP contribution in [-0.2, 0) is 13.1 Å². The summed E-state index contributed by atoms with van der Waals surface area (Å²) >= 11 is 0. The smallest absolute Gasteiger partial charge is 0.0236 e. The van der Waals surface area contributed by atoms with E-state index in [2.05, 4.69) is 55.3 Å². The molecule has 2 rings (SSSR count). The first kappa shape index (κ1) is 16.5. The van der Waals surface area contributed by atoms with Crippen LogP contribution in [0, 0.1) is 0 Å². The lowest BCUT2D eigenvalue weighted by molar-refractivity contribution is 0.131. The summed E-state index contributed by atoms with van der Waals surface area (Å²) in [5.41, 5.74) is 2.88. The number of hydrogen-bond donors (Lipinski definition) is 1. The number of nitrogens with one attached hydrogen (secondary N) is 1. The van der Waals surface area contributed by atoms with Gasteiger partial charge in [-0.2, -0.15) is 0 Å². The molecule has 0 saturated carbocycles. The molecule has 1 aromatic carbocycles. The minimum Gasteiger partial charge on any atom is -0.310 e. The van der Waals surface area contributed by atoms with Crippen molar-refractivity contribution in [3.8, 4) is 0 Å². The summed E-state index contributed by atoms with van der Waals surface area (Å²) in [4.78, 5) is 2.71. The average molecular weight is 288 g/mol.